The van der Waals surface area contributed by atoms with E-state index in [0.717, 1.165) is 42.7 Å². The molecule has 0 unspecified atom stereocenters. The van der Waals surface area contributed by atoms with Crippen molar-refractivity contribution in [1.82, 2.24) is 19.8 Å². The fourth-order valence-electron chi connectivity index (χ4n) is 3.83. The van der Waals surface area contributed by atoms with Crippen molar-refractivity contribution < 1.29 is 9.59 Å². The molecule has 0 radical (unpaired) electrons. The average Bonchev–Trinajstić information content (AvgIpc) is 3.17. The van der Waals surface area contributed by atoms with Crippen LogP contribution < -0.4 is 5.32 Å². The molecule has 1 aliphatic rings. The maximum atomic E-state index is 13.0. The standard InChI is InChI=1S/C23H26N4O2/c1-16(2)25-22(28)18-9-6-8-17(14-18)20-10-7-11-21-19(15-24-27(20)21)23(29)26-12-4-3-5-13-26/h6-11,14-16H,3-5,12-13H2,1-2H3,(H,25,28). The minimum atomic E-state index is -0.101. The topological polar surface area (TPSA) is 66.7 Å². The molecule has 150 valence electrons. The third-order valence-electron chi connectivity index (χ3n) is 5.26. The van der Waals surface area contributed by atoms with Crippen molar-refractivity contribution in [1.29, 1.82) is 0 Å². The molecule has 0 saturated carbocycles. The van der Waals surface area contributed by atoms with Crippen LogP contribution in [0.4, 0.5) is 0 Å². The first-order valence-corrected chi connectivity index (χ1v) is 10.2. The molecular formula is C23H26N4O2. The predicted octanol–water partition coefficient (Wildman–Crippen LogP) is 3.77. The fraction of sp³-hybridized carbons (Fsp3) is 0.348. The minimum Gasteiger partial charge on any atom is -0.350 e. The summed E-state index contributed by atoms with van der Waals surface area (Å²) >= 11 is 0. The molecule has 0 spiro atoms. The Morgan fingerprint density at radius 2 is 1.79 bits per heavy atom. The van der Waals surface area contributed by atoms with Gasteiger partial charge in [-0.3, -0.25) is 9.59 Å². The van der Waals surface area contributed by atoms with Gasteiger partial charge in [-0.1, -0.05) is 18.2 Å². The van der Waals surface area contributed by atoms with Crippen molar-refractivity contribution in [3.05, 3.63) is 59.8 Å². The van der Waals surface area contributed by atoms with Gasteiger partial charge in [-0.15, -0.1) is 0 Å². The van der Waals surface area contributed by atoms with Crippen LogP contribution in [0.25, 0.3) is 16.8 Å². The number of likely N-dealkylation sites (tertiary alicyclic amines) is 1. The van der Waals surface area contributed by atoms with Gasteiger partial charge in [0.1, 0.15) is 0 Å². The summed E-state index contributed by atoms with van der Waals surface area (Å²) in [6, 6.07) is 13.4. The molecule has 6 heteroatoms. The maximum absolute atomic E-state index is 13.0. The molecule has 4 rings (SSSR count). The zero-order valence-electron chi connectivity index (χ0n) is 16.9. The zero-order valence-corrected chi connectivity index (χ0v) is 16.9. The number of piperidine rings is 1. The lowest BCUT2D eigenvalue weighted by molar-refractivity contribution is 0.0726. The number of benzene rings is 1. The summed E-state index contributed by atoms with van der Waals surface area (Å²) in [4.78, 5) is 27.3. The van der Waals surface area contributed by atoms with Crippen LogP contribution in [0.15, 0.2) is 48.7 Å². The molecule has 0 bridgehead atoms. The fourth-order valence-corrected chi connectivity index (χ4v) is 3.83. The Morgan fingerprint density at radius 3 is 2.55 bits per heavy atom. The van der Waals surface area contributed by atoms with Crippen LogP contribution in [0.1, 0.15) is 53.8 Å². The molecule has 3 heterocycles. The monoisotopic (exact) mass is 390 g/mol. The van der Waals surface area contributed by atoms with Gasteiger partial charge in [-0.25, -0.2) is 4.52 Å². The van der Waals surface area contributed by atoms with Crippen LogP contribution >= 0.6 is 0 Å². The molecule has 2 amide bonds. The van der Waals surface area contributed by atoms with Crippen molar-refractivity contribution >= 4 is 17.3 Å². The van der Waals surface area contributed by atoms with E-state index in [-0.39, 0.29) is 17.9 Å². The number of aromatic nitrogens is 2. The summed E-state index contributed by atoms with van der Waals surface area (Å²) in [6.07, 6.45) is 4.96. The van der Waals surface area contributed by atoms with Gasteiger partial charge in [0.25, 0.3) is 11.8 Å². The van der Waals surface area contributed by atoms with E-state index in [0.29, 0.717) is 11.1 Å². The van der Waals surface area contributed by atoms with Gasteiger partial charge in [0.2, 0.25) is 0 Å². The Morgan fingerprint density at radius 1 is 1.03 bits per heavy atom. The molecule has 29 heavy (non-hydrogen) atoms. The van der Waals surface area contributed by atoms with E-state index in [2.05, 4.69) is 10.4 Å². The van der Waals surface area contributed by atoms with E-state index in [1.54, 1.807) is 16.8 Å². The summed E-state index contributed by atoms with van der Waals surface area (Å²) in [7, 11) is 0. The molecule has 6 nitrogen and oxygen atoms in total. The van der Waals surface area contributed by atoms with Gasteiger partial charge in [-0.05, 0) is 57.4 Å². The number of carbonyl (C=O) groups is 2. The molecular weight excluding hydrogens is 364 g/mol. The first kappa shape index (κ1) is 19.2. The van der Waals surface area contributed by atoms with Crippen LogP contribution in [0.2, 0.25) is 0 Å². The van der Waals surface area contributed by atoms with E-state index in [4.69, 9.17) is 0 Å². The molecule has 1 aliphatic heterocycles. The first-order chi connectivity index (χ1) is 14.0. The Hall–Kier alpha value is -3.15. The van der Waals surface area contributed by atoms with Gasteiger partial charge in [0.15, 0.2) is 0 Å². The minimum absolute atomic E-state index is 0.0434. The van der Waals surface area contributed by atoms with Gasteiger partial charge in [0.05, 0.1) is 23.0 Å². The number of pyridine rings is 1. The average molecular weight is 390 g/mol. The third kappa shape index (κ3) is 3.88. The van der Waals surface area contributed by atoms with Crippen LogP contribution in [-0.4, -0.2) is 45.5 Å². The summed E-state index contributed by atoms with van der Waals surface area (Å²) in [5.74, 6) is -0.0580. The number of fused-ring (bicyclic) bond motifs is 1. The van der Waals surface area contributed by atoms with Gasteiger partial charge in [-0.2, -0.15) is 5.10 Å². The highest BCUT2D eigenvalue weighted by Gasteiger charge is 2.22. The first-order valence-electron chi connectivity index (χ1n) is 10.2. The summed E-state index contributed by atoms with van der Waals surface area (Å²) in [6.45, 7) is 5.49. The van der Waals surface area contributed by atoms with Crippen molar-refractivity contribution in [2.45, 2.75) is 39.2 Å². The third-order valence-corrected chi connectivity index (χ3v) is 5.26. The molecule has 1 aromatic carbocycles. The second kappa shape index (κ2) is 8.07. The second-order valence-electron chi connectivity index (χ2n) is 7.83. The SMILES string of the molecule is CC(C)NC(=O)c1cccc(-c2cccc3c(C(=O)N4CCCCC4)cnn23)c1. The number of amides is 2. The molecule has 3 aromatic rings. The lowest BCUT2D eigenvalue weighted by atomic mass is 10.1. The van der Waals surface area contributed by atoms with Gasteiger partial charge >= 0.3 is 0 Å². The van der Waals surface area contributed by atoms with Crippen LogP contribution in [0.5, 0.6) is 0 Å². The maximum Gasteiger partial charge on any atom is 0.257 e. The lowest BCUT2D eigenvalue weighted by Gasteiger charge is -2.26. The number of nitrogens with zero attached hydrogens (tertiary/aromatic N) is 3. The molecule has 1 saturated heterocycles. The zero-order chi connectivity index (χ0) is 20.4. The second-order valence-corrected chi connectivity index (χ2v) is 7.83. The predicted molar refractivity (Wildman–Crippen MR) is 113 cm³/mol. The molecule has 0 aliphatic carbocycles. The highest BCUT2D eigenvalue weighted by molar-refractivity contribution is 6.01. The number of rotatable bonds is 4. The molecule has 2 aromatic heterocycles. The van der Waals surface area contributed by atoms with Crippen molar-refractivity contribution in [2.75, 3.05) is 13.1 Å². The molecule has 1 N–H and O–H groups in total. The summed E-state index contributed by atoms with van der Waals surface area (Å²) in [5.41, 5.74) is 3.74. The Kier molecular flexibility index (Phi) is 5.34. The number of hydrogen-bond acceptors (Lipinski definition) is 3. The van der Waals surface area contributed by atoms with E-state index in [1.807, 2.05) is 55.1 Å². The van der Waals surface area contributed by atoms with Gasteiger partial charge in [0, 0.05) is 30.3 Å². The smallest absolute Gasteiger partial charge is 0.257 e. The van der Waals surface area contributed by atoms with E-state index in [1.165, 1.54) is 6.42 Å². The Balaban J connectivity index is 1.70. The quantitative estimate of drug-likeness (QED) is 0.737. The highest BCUT2D eigenvalue weighted by Crippen LogP contribution is 2.24. The summed E-state index contributed by atoms with van der Waals surface area (Å²) in [5, 5.41) is 7.42. The number of carbonyl (C=O) groups excluding carboxylic acids is 2. The van der Waals surface area contributed by atoms with E-state index < -0.39 is 0 Å². The van der Waals surface area contributed by atoms with Crippen molar-refractivity contribution in [2.24, 2.45) is 0 Å². The Labute approximate surface area is 170 Å². The molecule has 0 atom stereocenters. The van der Waals surface area contributed by atoms with Crippen LogP contribution in [0, 0.1) is 0 Å². The van der Waals surface area contributed by atoms with Crippen LogP contribution in [-0.2, 0) is 0 Å². The van der Waals surface area contributed by atoms with Gasteiger partial charge < -0.3 is 10.2 Å². The highest BCUT2D eigenvalue weighted by atomic mass is 16.2. The van der Waals surface area contributed by atoms with Crippen molar-refractivity contribution in [3.8, 4) is 11.3 Å². The van der Waals surface area contributed by atoms with Crippen molar-refractivity contribution in [3.63, 3.8) is 0 Å². The molecule has 1 fully saturated rings. The Bertz CT molecular complexity index is 1050. The number of hydrogen-bond donors (Lipinski definition) is 1. The largest absolute Gasteiger partial charge is 0.350 e. The van der Waals surface area contributed by atoms with E-state index >= 15 is 0 Å². The van der Waals surface area contributed by atoms with Crippen LogP contribution in [0.3, 0.4) is 0 Å². The lowest BCUT2D eigenvalue weighted by Crippen LogP contribution is -2.35. The summed E-state index contributed by atoms with van der Waals surface area (Å²) < 4.78 is 1.79. The number of nitrogens with one attached hydrogen (secondary N) is 1. The van der Waals surface area contributed by atoms with E-state index in [9.17, 15) is 9.59 Å². The normalized spacial score (nSPS) is 14.4.